The second-order valence-corrected chi connectivity index (χ2v) is 5.20. The van der Waals surface area contributed by atoms with Crippen molar-refractivity contribution < 1.29 is 14.1 Å². The largest absolute Gasteiger partial charge is 0.375 e. The zero-order valence-electron chi connectivity index (χ0n) is 12.4. The maximum Gasteiger partial charge on any atom is 0.315 e. The lowest BCUT2D eigenvalue weighted by molar-refractivity contribution is 0.104. The minimum absolute atomic E-state index is 0.239. The molecule has 1 aromatic carbocycles. The minimum atomic E-state index is -0.295. The van der Waals surface area contributed by atoms with Crippen molar-refractivity contribution >= 4 is 17.6 Å². The second-order valence-electron chi connectivity index (χ2n) is 4.77. The van der Waals surface area contributed by atoms with Crippen LogP contribution in [0.2, 0.25) is 5.02 Å². The van der Waals surface area contributed by atoms with Crippen LogP contribution >= 0.6 is 11.6 Å². The number of methoxy groups -OCH3 is 1. The number of hydrogen-bond acceptors (Lipinski definition) is 4. The highest BCUT2D eigenvalue weighted by Gasteiger charge is 2.12. The number of halogens is 1. The molecule has 0 aliphatic rings. The van der Waals surface area contributed by atoms with Crippen molar-refractivity contribution in [3.63, 3.8) is 0 Å². The summed E-state index contributed by atoms with van der Waals surface area (Å²) in [7, 11) is 1.59. The summed E-state index contributed by atoms with van der Waals surface area (Å²) in [5.74, 6) is 0.708. The summed E-state index contributed by atoms with van der Waals surface area (Å²) in [6, 6.07) is 8.79. The van der Waals surface area contributed by atoms with Gasteiger partial charge in [-0.15, -0.1) is 0 Å². The van der Waals surface area contributed by atoms with Crippen molar-refractivity contribution in [1.29, 1.82) is 0 Å². The Labute approximate surface area is 133 Å². The number of nitrogens with zero attached hydrogens (tertiary/aromatic N) is 1. The zero-order chi connectivity index (χ0) is 15.9. The number of ether oxygens (including phenoxy) is 1. The topological polar surface area (TPSA) is 76.4 Å². The Morgan fingerprint density at radius 1 is 1.36 bits per heavy atom. The highest BCUT2D eigenvalue weighted by atomic mass is 35.5. The number of amides is 2. The molecule has 1 heterocycles. The molecule has 0 bridgehead atoms. The summed E-state index contributed by atoms with van der Waals surface area (Å²) < 4.78 is 10.3. The van der Waals surface area contributed by atoms with Crippen molar-refractivity contribution in [2.45, 2.75) is 19.6 Å². The molecule has 22 heavy (non-hydrogen) atoms. The third-order valence-electron chi connectivity index (χ3n) is 3.08. The molecule has 7 heteroatoms. The van der Waals surface area contributed by atoms with Crippen LogP contribution in [-0.2, 0) is 11.3 Å². The van der Waals surface area contributed by atoms with E-state index >= 15 is 0 Å². The predicted molar refractivity (Wildman–Crippen MR) is 82.7 cm³/mol. The second kappa shape index (κ2) is 7.82. The molecule has 0 unspecified atom stereocenters. The number of benzene rings is 1. The van der Waals surface area contributed by atoms with Crippen LogP contribution in [0.3, 0.4) is 0 Å². The number of rotatable bonds is 6. The zero-order valence-corrected chi connectivity index (χ0v) is 13.2. The fraction of sp³-hybridized carbons (Fsp3) is 0.333. The van der Waals surface area contributed by atoms with E-state index in [9.17, 15) is 4.79 Å². The maximum absolute atomic E-state index is 11.8. The van der Waals surface area contributed by atoms with Gasteiger partial charge in [0, 0.05) is 24.7 Å². The Balaban J connectivity index is 1.79. The first-order valence-electron chi connectivity index (χ1n) is 6.80. The van der Waals surface area contributed by atoms with Crippen LogP contribution in [-0.4, -0.2) is 24.8 Å². The molecule has 0 radical (unpaired) electrons. The highest BCUT2D eigenvalue weighted by molar-refractivity contribution is 6.30. The first kappa shape index (κ1) is 16.3. The van der Waals surface area contributed by atoms with Gasteiger partial charge in [-0.25, -0.2) is 4.79 Å². The van der Waals surface area contributed by atoms with Gasteiger partial charge in [0.1, 0.15) is 11.5 Å². The van der Waals surface area contributed by atoms with Crippen LogP contribution in [0.15, 0.2) is 34.9 Å². The third kappa shape index (κ3) is 4.75. The molecule has 2 amide bonds. The number of carbonyl (C=O) groups is 1. The molecule has 0 spiro atoms. The van der Waals surface area contributed by atoms with Gasteiger partial charge in [-0.2, -0.15) is 0 Å². The lowest BCUT2D eigenvalue weighted by atomic mass is 10.1. The predicted octanol–water partition coefficient (Wildman–Crippen LogP) is 2.82. The van der Waals surface area contributed by atoms with Crippen molar-refractivity contribution in [3.8, 4) is 0 Å². The average Bonchev–Trinajstić information content (AvgIpc) is 2.93. The van der Waals surface area contributed by atoms with E-state index in [2.05, 4.69) is 15.8 Å². The highest BCUT2D eigenvalue weighted by Crippen LogP contribution is 2.18. The molecule has 118 valence electrons. The van der Waals surface area contributed by atoms with Gasteiger partial charge in [-0.1, -0.05) is 28.9 Å². The molecule has 0 aliphatic heterocycles. The Morgan fingerprint density at radius 2 is 2.09 bits per heavy atom. The number of urea groups is 1. The maximum atomic E-state index is 11.8. The molecule has 2 aromatic rings. The van der Waals surface area contributed by atoms with Gasteiger partial charge in [0.15, 0.2) is 0 Å². The van der Waals surface area contributed by atoms with E-state index in [0.717, 1.165) is 5.56 Å². The van der Waals surface area contributed by atoms with Crippen LogP contribution in [0.25, 0.3) is 0 Å². The Hall–Kier alpha value is -2.05. The van der Waals surface area contributed by atoms with Crippen LogP contribution in [0.4, 0.5) is 4.79 Å². The average molecular weight is 324 g/mol. The quantitative estimate of drug-likeness (QED) is 0.857. The number of aryl methyl sites for hydroxylation is 1. The monoisotopic (exact) mass is 323 g/mol. The molecule has 6 nitrogen and oxygen atoms in total. The molecule has 1 atom stereocenters. The number of aromatic nitrogens is 1. The summed E-state index contributed by atoms with van der Waals surface area (Å²) >= 11 is 5.85. The Bertz CT molecular complexity index is 613. The summed E-state index contributed by atoms with van der Waals surface area (Å²) in [6.07, 6.45) is -0.239. The van der Waals surface area contributed by atoms with E-state index in [1.807, 2.05) is 12.1 Å². The van der Waals surface area contributed by atoms with Crippen molar-refractivity contribution in [2.24, 2.45) is 0 Å². The van der Waals surface area contributed by atoms with E-state index in [4.69, 9.17) is 20.9 Å². The fourth-order valence-corrected chi connectivity index (χ4v) is 2.06. The molecule has 0 fully saturated rings. The van der Waals surface area contributed by atoms with Gasteiger partial charge in [-0.05, 0) is 24.6 Å². The van der Waals surface area contributed by atoms with E-state index in [1.54, 1.807) is 32.2 Å². The molecule has 0 saturated carbocycles. The smallest absolute Gasteiger partial charge is 0.315 e. The van der Waals surface area contributed by atoms with Gasteiger partial charge < -0.3 is 19.9 Å². The Morgan fingerprint density at radius 3 is 2.68 bits per heavy atom. The summed E-state index contributed by atoms with van der Waals surface area (Å²) in [5, 5.41) is 9.92. The van der Waals surface area contributed by atoms with Crippen molar-refractivity contribution in [1.82, 2.24) is 15.8 Å². The van der Waals surface area contributed by atoms with Gasteiger partial charge >= 0.3 is 6.03 Å². The first-order chi connectivity index (χ1) is 10.6. The lowest BCUT2D eigenvalue weighted by Crippen LogP contribution is -2.37. The lowest BCUT2D eigenvalue weighted by Gasteiger charge is -2.16. The molecule has 0 saturated heterocycles. The van der Waals surface area contributed by atoms with E-state index in [1.165, 1.54) is 0 Å². The van der Waals surface area contributed by atoms with E-state index < -0.39 is 0 Å². The van der Waals surface area contributed by atoms with Gasteiger partial charge in [0.2, 0.25) is 0 Å². The Kier molecular flexibility index (Phi) is 5.80. The molecule has 0 aliphatic carbocycles. The molecule has 2 rings (SSSR count). The van der Waals surface area contributed by atoms with Crippen LogP contribution in [0.1, 0.15) is 23.1 Å². The van der Waals surface area contributed by atoms with Gasteiger partial charge in [0.25, 0.3) is 0 Å². The van der Waals surface area contributed by atoms with Crippen LogP contribution in [0.5, 0.6) is 0 Å². The van der Waals surface area contributed by atoms with E-state index in [0.29, 0.717) is 29.6 Å². The number of nitrogens with one attached hydrogen (secondary N) is 2. The normalized spacial score (nSPS) is 12.0. The fourth-order valence-electron chi connectivity index (χ4n) is 1.93. The molecule has 2 N–H and O–H groups in total. The molecule has 1 aromatic heterocycles. The number of hydrogen-bond donors (Lipinski definition) is 2. The van der Waals surface area contributed by atoms with E-state index in [-0.39, 0.29) is 12.1 Å². The third-order valence-corrected chi connectivity index (χ3v) is 3.33. The molecular weight excluding hydrogens is 306 g/mol. The van der Waals surface area contributed by atoms with Gasteiger partial charge in [-0.3, -0.25) is 0 Å². The summed E-state index contributed by atoms with van der Waals surface area (Å²) in [5.41, 5.74) is 1.62. The SMILES string of the molecule is CO[C@H](CNC(=O)NCc1cc(C)on1)c1ccc(Cl)cc1. The first-order valence-corrected chi connectivity index (χ1v) is 7.18. The van der Waals surface area contributed by atoms with Crippen molar-refractivity contribution in [3.05, 3.63) is 52.4 Å². The van der Waals surface area contributed by atoms with Gasteiger partial charge in [0.05, 0.1) is 12.6 Å². The molecular formula is C15H18ClN3O3. The standard InChI is InChI=1S/C15H18ClN3O3/c1-10-7-13(19-22-10)8-17-15(20)18-9-14(21-2)11-3-5-12(16)6-4-11/h3-7,14H,8-9H2,1-2H3,(H2,17,18,20)/t14-/m1/s1. The number of carbonyl (C=O) groups excluding carboxylic acids is 1. The van der Waals surface area contributed by atoms with Crippen LogP contribution in [0, 0.1) is 6.92 Å². The van der Waals surface area contributed by atoms with Crippen molar-refractivity contribution in [2.75, 3.05) is 13.7 Å². The summed E-state index contributed by atoms with van der Waals surface area (Å²) in [6.45, 7) is 2.45. The van der Waals surface area contributed by atoms with Crippen LogP contribution < -0.4 is 10.6 Å². The summed E-state index contributed by atoms with van der Waals surface area (Å²) in [4.78, 5) is 11.8. The minimum Gasteiger partial charge on any atom is -0.375 e.